The summed E-state index contributed by atoms with van der Waals surface area (Å²) in [5.41, 5.74) is 6.83. The molecule has 0 fully saturated rings. The Hall–Kier alpha value is -2.33. The predicted molar refractivity (Wildman–Crippen MR) is 80.0 cm³/mol. The van der Waals surface area contributed by atoms with Gasteiger partial charge in [-0.05, 0) is 12.1 Å². The van der Waals surface area contributed by atoms with Crippen molar-refractivity contribution in [3.05, 3.63) is 24.4 Å². The molecule has 2 aromatic heterocycles. The van der Waals surface area contributed by atoms with Crippen LogP contribution in [0.25, 0.3) is 10.2 Å². The van der Waals surface area contributed by atoms with Crippen molar-refractivity contribution in [1.29, 1.82) is 0 Å². The van der Waals surface area contributed by atoms with Gasteiger partial charge in [-0.1, -0.05) is 11.3 Å². The normalized spacial score (nSPS) is 11.7. The fourth-order valence-corrected chi connectivity index (χ4v) is 3.86. The summed E-state index contributed by atoms with van der Waals surface area (Å²) < 4.78 is 32.5. The summed E-state index contributed by atoms with van der Waals surface area (Å²) in [6.07, 6.45) is 1.36. The summed E-state index contributed by atoms with van der Waals surface area (Å²) in [5.74, 6) is 0.494. The number of methoxy groups -OCH3 is 1. The lowest BCUT2D eigenvalue weighted by molar-refractivity contribution is 0.419. The van der Waals surface area contributed by atoms with Crippen LogP contribution in [0.4, 0.5) is 10.8 Å². The Morgan fingerprint density at radius 1 is 1.43 bits per heavy atom. The SMILES string of the molecule is COc1cc(N)cc2sc(NS(=O)(=O)c3ccn[nH]3)nc12. The number of hydrogen-bond donors (Lipinski definition) is 3. The van der Waals surface area contributed by atoms with Gasteiger partial charge in [0.15, 0.2) is 10.2 Å². The molecule has 0 unspecified atom stereocenters. The molecular weight excluding hydrogens is 314 g/mol. The molecule has 4 N–H and O–H groups in total. The zero-order chi connectivity index (χ0) is 15.0. The highest BCUT2D eigenvalue weighted by molar-refractivity contribution is 7.92. The van der Waals surface area contributed by atoms with Crippen LogP contribution in [0.5, 0.6) is 5.75 Å². The molecule has 0 amide bonds. The van der Waals surface area contributed by atoms with Crippen LogP contribution in [0.3, 0.4) is 0 Å². The highest BCUT2D eigenvalue weighted by Crippen LogP contribution is 2.35. The number of aromatic nitrogens is 3. The Labute approximate surface area is 124 Å². The fourth-order valence-electron chi connectivity index (χ4n) is 1.78. The van der Waals surface area contributed by atoms with Gasteiger partial charge >= 0.3 is 0 Å². The van der Waals surface area contributed by atoms with E-state index in [0.29, 0.717) is 17.0 Å². The molecule has 3 rings (SSSR count). The van der Waals surface area contributed by atoms with Gasteiger partial charge in [0.05, 0.1) is 18.0 Å². The van der Waals surface area contributed by atoms with Gasteiger partial charge in [-0.2, -0.15) is 13.5 Å². The number of hydrogen-bond acceptors (Lipinski definition) is 7. The van der Waals surface area contributed by atoms with Crippen LogP contribution >= 0.6 is 11.3 Å². The molecule has 0 saturated heterocycles. The topological polar surface area (TPSA) is 123 Å². The Morgan fingerprint density at radius 2 is 2.24 bits per heavy atom. The van der Waals surface area contributed by atoms with E-state index in [0.717, 1.165) is 4.70 Å². The minimum Gasteiger partial charge on any atom is -0.494 e. The number of aromatic amines is 1. The zero-order valence-electron chi connectivity index (χ0n) is 10.8. The number of benzene rings is 1. The molecule has 21 heavy (non-hydrogen) atoms. The van der Waals surface area contributed by atoms with Crippen LogP contribution < -0.4 is 15.2 Å². The molecular formula is C11H11N5O3S2. The summed E-state index contributed by atoms with van der Waals surface area (Å²) in [6, 6.07) is 4.70. The number of nitrogens with two attached hydrogens (primary N) is 1. The van der Waals surface area contributed by atoms with Gasteiger partial charge in [0.1, 0.15) is 11.3 Å². The van der Waals surface area contributed by atoms with Gasteiger partial charge in [-0.25, -0.2) is 4.98 Å². The van der Waals surface area contributed by atoms with E-state index in [4.69, 9.17) is 10.5 Å². The Morgan fingerprint density at radius 3 is 2.90 bits per heavy atom. The van der Waals surface area contributed by atoms with Gasteiger partial charge < -0.3 is 10.5 Å². The van der Waals surface area contributed by atoms with E-state index in [-0.39, 0.29) is 10.2 Å². The molecule has 110 valence electrons. The standard InChI is InChI=1S/C11H11N5O3S2/c1-19-7-4-6(12)5-8-10(7)14-11(20-8)16-21(17,18)9-2-3-13-15-9/h2-5H,12H2,1H3,(H,13,15)(H,14,16). The number of nitrogens with one attached hydrogen (secondary N) is 2. The first-order valence-corrected chi connectivity index (χ1v) is 8.06. The third kappa shape index (κ3) is 2.50. The maximum absolute atomic E-state index is 12.1. The fraction of sp³-hybridized carbons (Fsp3) is 0.0909. The second kappa shape index (κ2) is 4.90. The average molecular weight is 325 g/mol. The van der Waals surface area contributed by atoms with Crippen molar-refractivity contribution in [2.24, 2.45) is 0 Å². The summed E-state index contributed by atoms with van der Waals surface area (Å²) in [5, 5.41) is 6.20. The first-order chi connectivity index (χ1) is 9.99. The van der Waals surface area contributed by atoms with E-state index >= 15 is 0 Å². The molecule has 10 heteroatoms. The van der Waals surface area contributed by atoms with Crippen molar-refractivity contribution in [3.63, 3.8) is 0 Å². The van der Waals surface area contributed by atoms with E-state index in [1.807, 2.05) is 0 Å². The van der Waals surface area contributed by atoms with Crippen LogP contribution in [-0.4, -0.2) is 30.7 Å². The molecule has 1 aromatic carbocycles. The van der Waals surface area contributed by atoms with Crippen LogP contribution in [0.1, 0.15) is 0 Å². The molecule has 0 aliphatic heterocycles. The highest BCUT2D eigenvalue weighted by Gasteiger charge is 2.19. The molecule has 0 saturated carbocycles. The minimum atomic E-state index is -3.74. The van der Waals surface area contributed by atoms with Crippen molar-refractivity contribution in [2.75, 3.05) is 17.6 Å². The van der Waals surface area contributed by atoms with Crippen LogP contribution in [0, 0.1) is 0 Å². The van der Waals surface area contributed by atoms with Gasteiger partial charge in [0.2, 0.25) is 0 Å². The summed E-state index contributed by atoms with van der Waals surface area (Å²) in [6.45, 7) is 0. The quantitative estimate of drug-likeness (QED) is 0.623. The number of nitrogen functional groups attached to an aromatic ring is 1. The zero-order valence-corrected chi connectivity index (χ0v) is 12.5. The lowest BCUT2D eigenvalue weighted by Crippen LogP contribution is -2.13. The number of rotatable bonds is 4. The molecule has 0 aliphatic carbocycles. The third-order valence-corrected chi connectivity index (χ3v) is 5.00. The first-order valence-electron chi connectivity index (χ1n) is 5.76. The number of thiazole rings is 1. The molecule has 2 heterocycles. The molecule has 8 nitrogen and oxygen atoms in total. The number of sulfonamides is 1. The van der Waals surface area contributed by atoms with E-state index < -0.39 is 10.0 Å². The van der Waals surface area contributed by atoms with Gasteiger partial charge in [0, 0.05) is 11.8 Å². The molecule has 0 bridgehead atoms. The smallest absolute Gasteiger partial charge is 0.280 e. The van der Waals surface area contributed by atoms with Crippen molar-refractivity contribution in [3.8, 4) is 5.75 Å². The van der Waals surface area contributed by atoms with Gasteiger partial charge in [0.25, 0.3) is 10.0 Å². The number of fused-ring (bicyclic) bond motifs is 1. The summed E-state index contributed by atoms with van der Waals surface area (Å²) in [4.78, 5) is 4.23. The van der Waals surface area contributed by atoms with E-state index in [1.54, 1.807) is 12.1 Å². The molecule has 0 spiro atoms. The van der Waals surface area contributed by atoms with Crippen LogP contribution in [0.15, 0.2) is 29.4 Å². The third-order valence-electron chi connectivity index (χ3n) is 2.69. The molecule has 3 aromatic rings. The van der Waals surface area contributed by atoms with Crippen molar-refractivity contribution in [2.45, 2.75) is 5.03 Å². The highest BCUT2D eigenvalue weighted by atomic mass is 32.2. The monoisotopic (exact) mass is 325 g/mol. The summed E-state index contributed by atoms with van der Waals surface area (Å²) in [7, 11) is -2.24. The van der Waals surface area contributed by atoms with Crippen LogP contribution in [-0.2, 0) is 10.0 Å². The van der Waals surface area contributed by atoms with Crippen molar-refractivity contribution >= 4 is 42.4 Å². The largest absolute Gasteiger partial charge is 0.494 e. The van der Waals surface area contributed by atoms with Crippen molar-refractivity contribution < 1.29 is 13.2 Å². The molecule has 0 radical (unpaired) electrons. The lowest BCUT2D eigenvalue weighted by Gasteiger charge is -2.01. The maximum atomic E-state index is 12.1. The Balaban J connectivity index is 2.03. The van der Waals surface area contributed by atoms with Crippen LogP contribution in [0.2, 0.25) is 0 Å². The number of ether oxygens (including phenoxy) is 1. The van der Waals surface area contributed by atoms with E-state index in [2.05, 4.69) is 19.9 Å². The second-order valence-electron chi connectivity index (χ2n) is 4.12. The van der Waals surface area contributed by atoms with Gasteiger partial charge in [-0.15, -0.1) is 0 Å². The Bertz CT molecular complexity index is 886. The van der Waals surface area contributed by atoms with Crippen molar-refractivity contribution in [1.82, 2.24) is 15.2 Å². The summed E-state index contributed by atoms with van der Waals surface area (Å²) >= 11 is 1.17. The minimum absolute atomic E-state index is 0.0340. The number of H-pyrrole nitrogens is 1. The first kappa shape index (κ1) is 13.6. The average Bonchev–Trinajstić information content (AvgIpc) is 3.05. The molecule has 0 atom stereocenters. The second-order valence-corrected chi connectivity index (χ2v) is 6.80. The Kier molecular flexibility index (Phi) is 3.18. The van der Waals surface area contributed by atoms with E-state index in [1.165, 1.54) is 30.7 Å². The number of nitrogens with zero attached hydrogens (tertiary/aromatic N) is 2. The molecule has 0 aliphatic rings. The number of anilines is 2. The van der Waals surface area contributed by atoms with Gasteiger partial charge in [-0.3, -0.25) is 9.82 Å². The maximum Gasteiger partial charge on any atom is 0.280 e. The predicted octanol–water partition coefficient (Wildman–Crippen LogP) is 1.41. The lowest BCUT2D eigenvalue weighted by atomic mass is 10.3. The van der Waals surface area contributed by atoms with E-state index in [9.17, 15) is 8.42 Å².